The Hall–Kier alpha value is -1.53. The first-order chi connectivity index (χ1) is 9.38. The molecule has 0 radical (unpaired) electrons. The number of hydrogen-bond donors (Lipinski definition) is 0. The van der Waals surface area contributed by atoms with Gasteiger partial charge in [0.25, 0.3) is 0 Å². The zero-order valence-electron chi connectivity index (χ0n) is 10.7. The van der Waals surface area contributed by atoms with Gasteiger partial charge in [0.05, 0.1) is 11.4 Å². The number of aromatic nitrogens is 3. The molecule has 2 aromatic heterocycles. The van der Waals surface area contributed by atoms with Crippen molar-refractivity contribution in [3.63, 3.8) is 0 Å². The second-order valence-electron chi connectivity index (χ2n) is 4.69. The number of likely N-dealkylation sites (tertiary alicyclic amines) is 1. The Morgan fingerprint density at radius 2 is 2.16 bits per heavy atom. The normalized spacial score (nSPS) is 16.0. The lowest BCUT2D eigenvalue weighted by Crippen LogP contribution is -2.24. The Morgan fingerprint density at radius 3 is 2.84 bits per heavy atom. The fourth-order valence-electron chi connectivity index (χ4n) is 2.47. The molecule has 1 saturated heterocycles. The third-order valence-corrected chi connectivity index (χ3v) is 4.33. The summed E-state index contributed by atoms with van der Waals surface area (Å²) in [7, 11) is 0. The first-order valence-electron chi connectivity index (χ1n) is 6.53. The minimum Gasteiger partial charge on any atom is -0.301 e. The van der Waals surface area contributed by atoms with Crippen LogP contribution in [0.5, 0.6) is 0 Å². The highest BCUT2D eigenvalue weighted by molar-refractivity contribution is 7.13. The summed E-state index contributed by atoms with van der Waals surface area (Å²) in [5, 5.41) is 10.1. The maximum atomic E-state index is 11.1. The predicted molar refractivity (Wildman–Crippen MR) is 74.4 cm³/mol. The summed E-state index contributed by atoms with van der Waals surface area (Å²) < 4.78 is 1.86. The van der Waals surface area contributed by atoms with E-state index in [2.05, 4.69) is 15.2 Å². The summed E-state index contributed by atoms with van der Waals surface area (Å²) in [4.78, 5) is 14.6. The van der Waals surface area contributed by atoms with Crippen LogP contribution in [-0.2, 0) is 6.54 Å². The molecule has 5 nitrogen and oxygen atoms in total. The highest BCUT2D eigenvalue weighted by Gasteiger charge is 2.17. The van der Waals surface area contributed by atoms with Crippen LogP contribution in [0.15, 0.2) is 17.5 Å². The van der Waals surface area contributed by atoms with Crippen LogP contribution in [0.3, 0.4) is 0 Å². The van der Waals surface area contributed by atoms with Crippen molar-refractivity contribution in [1.82, 2.24) is 19.9 Å². The number of carbonyl (C=O) groups excluding carboxylic acids is 1. The van der Waals surface area contributed by atoms with Gasteiger partial charge in [-0.2, -0.15) is 0 Å². The largest absolute Gasteiger partial charge is 0.301 e. The molecule has 1 aliphatic rings. The third kappa shape index (κ3) is 2.59. The smallest absolute Gasteiger partial charge is 0.172 e. The molecule has 0 spiro atoms. The van der Waals surface area contributed by atoms with Crippen molar-refractivity contribution in [2.45, 2.75) is 19.4 Å². The minimum atomic E-state index is 0.434. The van der Waals surface area contributed by atoms with Gasteiger partial charge in [-0.1, -0.05) is 11.3 Å². The van der Waals surface area contributed by atoms with Gasteiger partial charge in [-0.15, -0.1) is 16.4 Å². The molecule has 0 bridgehead atoms. The lowest BCUT2D eigenvalue weighted by molar-refractivity contribution is 0.111. The molecule has 19 heavy (non-hydrogen) atoms. The molecule has 0 atom stereocenters. The Bertz CT molecular complexity index is 543. The monoisotopic (exact) mass is 276 g/mol. The van der Waals surface area contributed by atoms with E-state index in [0.717, 1.165) is 29.9 Å². The molecule has 3 heterocycles. The first-order valence-corrected chi connectivity index (χ1v) is 7.41. The van der Waals surface area contributed by atoms with Crippen molar-refractivity contribution < 1.29 is 4.79 Å². The molecule has 0 N–H and O–H groups in total. The van der Waals surface area contributed by atoms with Gasteiger partial charge < -0.3 is 4.90 Å². The van der Waals surface area contributed by atoms with Crippen molar-refractivity contribution in [3.8, 4) is 10.6 Å². The molecule has 2 aromatic rings. The van der Waals surface area contributed by atoms with E-state index in [9.17, 15) is 4.79 Å². The van der Waals surface area contributed by atoms with Crippen LogP contribution >= 0.6 is 11.3 Å². The molecule has 1 fully saturated rings. The van der Waals surface area contributed by atoms with E-state index in [4.69, 9.17) is 0 Å². The lowest BCUT2D eigenvalue weighted by Gasteiger charge is -2.14. The van der Waals surface area contributed by atoms with Gasteiger partial charge in [0, 0.05) is 6.54 Å². The van der Waals surface area contributed by atoms with E-state index in [0.29, 0.717) is 5.69 Å². The SMILES string of the molecule is O=Cc1nnn(CCN2CCCC2)c1-c1cccs1. The van der Waals surface area contributed by atoms with Crippen molar-refractivity contribution >= 4 is 17.6 Å². The Morgan fingerprint density at radius 1 is 1.32 bits per heavy atom. The molecule has 3 rings (SSSR count). The Balaban J connectivity index is 1.80. The van der Waals surface area contributed by atoms with E-state index in [1.54, 1.807) is 11.3 Å². The minimum absolute atomic E-state index is 0.434. The zero-order chi connectivity index (χ0) is 13.1. The zero-order valence-corrected chi connectivity index (χ0v) is 11.5. The van der Waals surface area contributed by atoms with Gasteiger partial charge in [-0.25, -0.2) is 4.68 Å². The first kappa shape index (κ1) is 12.5. The standard InChI is InChI=1S/C13H16N4OS/c18-10-11-13(12-4-3-9-19-12)17(15-14-11)8-7-16-5-1-2-6-16/h3-4,9-10H,1-2,5-8H2. The molecule has 6 heteroatoms. The fraction of sp³-hybridized carbons (Fsp3) is 0.462. The van der Waals surface area contributed by atoms with E-state index in [1.165, 1.54) is 25.9 Å². The quantitative estimate of drug-likeness (QED) is 0.783. The molecular formula is C13H16N4OS. The second-order valence-corrected chi connectivity index (χ2v) is 5.64. The number of carbonyl (C=O) groups is 1. The molecule has 0 unspecified atom stereocenters. The Kier molecular flexibility index (Phi) is 3.70. The molecule has 0 aromatic carbocycles. The van der Waals surface area contributed by atoms with Crippen LogP contribution in [0.25, 0.3) is 10.6 Å². The maximum Gasteiger partial charge on any atom is 0.172 e. The highest BCUT2D eigenvalue weighted by atomic mass is 32.1. The van der Waals surface area contributed by atoms with Crippen LogP contribution < -0.4 is 0 Å². The van der Waals surface area contributed by atoms with Gasteiger partial charge in [0.2, 0.25) is 0 Å². The molecule has 1 aliphatic heterocycles. The molecular weight excluding hydrogens is 260 g/mol. The summed E-state index contributed by atoms with van der Waals surface area (Å²) in [6.07, 6.45) is 3.36. The van der Waals surface area contributed by atoms with Gasteiger partial charge in [-0.3, -0.25) is 4.79 Å². The molecule has 0 aliphatic carbocycles. The van der Waals surface area contributed by atoms with Crippen LogP contribution in [0.1, 0.15) is 23.3 Å². The average Bonchev–Trinajstić information content (AvgIpc) is 3.16. The van der Waals surface area contributed by atoms with Crippen molar-refractivity contribution in [2.75, 3.05) is 19.6 Å². The summed E-state index contributed by atoms with van der Waals surface area (Å²) in [6.45, 7) is 4.10. The van der Waals surface area contributed by atoms with Crippen molar-refractivity contribution in [2.24, 2.45) is 0 Å². The van der Waals surface area contributed by atoms with Gasteiger partial charge in [0.15, 0.2) is 12.0 Å². The number of aldehydes is 1. The summed E-state index contributed by atoms with van der Waals surface area (Å²) in [5.74, 6) is 0. The van der Waals surface area contributed by atoms with E-state index < -0.39 is 0 Å². The van der Waals surface area contributed by atoms with E-state index in [1.807, 2.05) is 22.2 Å². The molecule has 0 amide bonds. The van der Waals surface area contributed by atoms with Crippen LogP contribution in [0.4, 0.5) is 0 Å². The Labute approximate surface area is 115 Å². The molecule has 100 valence electrons. The highest BCUT2D eigenvalue weighted by Crippen LogP contribution is 2.26. The van der Waals surface area contributed by atoms with E-state index >= 15 is 0 Å². The lowest BCUT2D eigenvalue weighted by atomic mass is 10.3. The van der Waals surface area contributed by atoms with Crippen LogP contribution in [-0.4, -0.2) is 45.8 Å². The van der Waals surface area contributed by atoms with Crippen molar-refractivity contribution in [1.29, 1.82) is 0 Å². The topological polar surface area (TPSA) is 51.0 Å². The second kappa shape index (κ2) is 5.63. The molecule has 0 saturated carbocycles. The van der Waals surface area contributed by atoms with Crippen molar-refractivity contribution in [3.05, 3.63) is 23.2 Å². The summed E-state index contributed by atoms with van der Waals surface area (Å²) in [5.41, 5.74) is 1.29. The van der Waals surface area contributed by atoms with Crippen LogP contribution in [0.2, 0.25) is 0 Å². The number of nitrogens with zero attached hydrogens (tertiary/aromatic N) is 4. The third-order valence-electron chi connectivity index (χ3n) is 3.45. The van der Waals surface area contributed by atoms with Crippen LogP contribution in [0, 0.1) is 0 Å². The fourth-order valence-corrected chi connectivity index (χ4v) is 3.25. The maximum absolute atomic E-state index is 11.1. The van der Waals surface area contributed by atoms with Gasteiger partial charge in [0.1, 0.15) is 5.69 Å². The van der Waals surface area contributed by atoms with E-state index in [-0.39, 0.29) is 0 Å². The number of rotatable bonds is 5. The summed E-state index contributed by atoms with van der Waals surface area (Å²) >= 11 is 1.61. The average molecular weight is 276 g/mol. The predicted octanol–water partition coefficient (Wildman–Crippen LogP) is 1.91. The number of thiophene rings is 1. The van der Waals surface area contributed by atoms with Gasteiger partial charge >= 0.3 is 0 Å². The van der Waals surface area contributed by atoms with Gasteiger partial charge in [-0.05, 0) is 37.4 Å². The summed E-state index contributed by atoms with van der Waals surface area (Å²) in [6, 6.07) is 3.98. The number of hydrogen-bond acceptors (Lipinski definition) is 5.